The third-order valence-corrected chi connectivity index (χ3v) is 10.9. The number of hydrogen-bond donors (Lipinski definition) is 1. The minimum atomic E-state index is -0.0690. The molecule has 4 fully saturated rings. The zero-order valence-corrected chi connectivity index (χ0v) is 20.6. The molecule has 5 aliphatic rings. The van der Waals surface area contributed by atoms with Gasteiger partial charge < -0.3 is 5.11 Å². The zero-order valence-electron chi connectivity index (χ0n) is 20.6. The van der Waals surface area contributed by atoms with E-state index in [0.717, 1.165) is 42.4 Å². The average molecular weight is 415 g/mol. The van der Waals surface area contributed by atoms with Crippen LogP contribution in [0.15, 0.2) is 11.6 Å². The second-order valence-electron chi connectivity index (χ2n) is 12.1. The summed E-state index contributed by atoms with van der Waals surface area (Å²) in [7, 11) is 0. The lowest BCUT2D eigenvalue weighted by atomic mass is 9.47. The highest BCUT2D eigenvalue weighted by Crippen LogP contribution is 2.66. The molecule has 0 spiro atoms. The zero-order chi connectivity index (χ0) is 21.4. The quantitative estimate of drug-likeness (QED) is 0.354. The van der Waals surface area contributed by atoms with Crippen molar-refractivity contribution in [3.63, 3.8) is 0 Å². The van der Waals surface area contributed by atoms with Crippen LogP contribution >= 0.6 is 0 Å². The van der Waals surface area contributed by atoms with E-state index >= 15 is 0 Å². The van der Waals surface area contributed by atoms with Gasteiger partial charge in [0.1, 0.15) is 0 Å². The van der Waals surface area contributed by atoms with Crippen molar-refractivity contribution in [1.82, 2.24) is 0 Å². The first-order chi connectivity index (χ1) is 14.5. The van der Waals surface area contributed by atoms with Crippen LogP contribution in [0.3, 0.4) is 0 Å². The fraction of sp³-hybridized carbons (Fsp3) is 0.931. The molecule has 5 aliphatic carbocycles. The highest BCUT2D eigenvalue weighted by Gasteiger charge is 2.58. The van der Waals surface area contributed by atoms with Gasteiger partial charge in [0.2, 0.25) is 0 Å². The standard InChI is InChI=1S/C27H44O.C2H6/c1-26-17-15-25-23(12-10-21-18-22(28)14-16-27(21,25)2)24(26)13-11-20(26)9-4-3-6-19-7-5-8-19;1-2/h10,19-20,22-25,28H,3-9,11-18H2,1-2H3;1-2H3/t20-,22-,23?,24?,25?,26+,27-;/m0./s1. The van der Waals surface area contributed by atoms with Crippen LogP contribution in [-0.4, -0.2) is 11.2 Å². The van der Waals surface area contributed by atoms with Crippen LogP contribution in [0.2, 0.25) is 0 Å². The Balaban J connectivity index is 0.00000106. The van der Waals surface area contributed by atoms with Crippen LogP contribution in [0.1, 0.15) is 124 Å². The second-order valence-corrected chi connectivity index (χ2v) is 12.1. The number of aliphatic hydroxyl groups is 1. The van der Waals surface area contributed by atoms with Gasteiger partial charge in [-0.15, -0.1) is 0 Å². The Bertz CT molecular complexity index is 603. The second kappa shape index (κ2) is 9.29. The van der Waals surface area contributed by atoms with Crippen molar-refractivity contribution >= 4 is 0 Å². The van der Waals surface area contributed by atoms with Crippen molar-refractivity contribution in [3.8, 4) is 0 Å². The van der Waals surface area contributed by atoms with E-state index in [1.54, 1.807) is 5.57 Å². The molecule has 0 heterocycles. The molecule has 172 valence electrons. The monoisotopic (exact) mass is 414 g/mol. The Morgan fingerprint density at radius 1 is 0.900 bits per heavy atom. The smallest absolute Gasteiger partial charge is 0.0577 e. The molecule has 0 aromatic heterocycles. The summed E-state index contributed by atoms with van der Waals surface area (Å²) in [5.74, 6) is 4.91. The number of allylic oxidation sites excluding steroid dienone is 1. The fourth-order valence-electron chi connectivity index (χ4n) is 8.83. The van der Waals surface area contributed by atoms with Gasteiger partial charge in [-0.05, 0) is 98.2 Å². The van der Waals surface area contributed by atoms with Crippen molar-refractivity contribution in [1.29, 1.82) is 0 Å². The van der Waals surface area contributed by atoms with Gasteiger partial charge in [0.15, 0.2) is 0 Å². The van der Waals surface area contributed by atoms with Gasteiger partial charge in [0.05, 0.1) is 6.10 Å². The summed E-state index contributed by atoms with van der Waals surface area (Å²) in [5, 5.41) is 10.2. The lowest BCUT2D eigenvalue weighted by molar-refractivity contribution is -0.0509. The van der Waals surface area contributed by atoms with E-state index in [0.29, 0.717) is 10.8 Å². The highest BCUT2D eigenvalue weighted by molar-refractivity contribution is 5.25. The molecule has 4 saturated carbocycles. The molecule has 0 amide bonds. The highest BCUT2D eigenvalue weighted by atomic mass is 16.3. The normalized spacial score (nSPS) is 45.2. The van der Waals surface area contributed by atoms with Crippen LogP contribution in [0.25, 0.3) is 0 Å². The molecule has 0 aliphatic heterocycles. The van der Waals surface area contributed by atoms with Crippen molar-refractivity contribution in [2.75, 3.05) is 0 Å². The maximum Gasteiger partial charge on any atom is 0.0577 e. The SMILES string of the molecule is CC.C[C@]12CC[C@H](O)CC1=CCC1C2CC[C@@]2(C)C1CC[C@@H]2CCCCC1CCC1. The van der Waals surface area contributed by atoms with E-state index < -0.39 is 0 Å². The van der Waals surface area contributed by atoms with E-state index in [9.17, 15) is 5.11 Å². The van der Waals surface area contributed by atoms with E-state index in [1.165, 1.54) is 83.5 Å². The molecule has 0 bridgehead atoms. The Hall–Kier alpha value is -0.300. The predicted octanol–water partition coefficient (Wildman–Crippen LogP) is 8.31. The molecule has 0 aromatic carbocycles. The molecular formula is C29H50O. The molecule has 1 nitrogen and oxygen atoms in total. The molecule has 1 heteroatoms. The van der Waals surface area contributed by atoms with Gasteiger partial charge in [-0.3, -0.25) is 0 Å². The number of rotatable bonds is 5. The largest absolute Gasteiger partial charge is 0.393 e. The van der Waals surface area contributed by atoms with Gasteiger partial charge in [0.25, 0.3) is 0 Å². The maximum absolute atomic E-state index is 10.2. The van der Waals surface area contributed by atoms with Gasteiger partial charge in [-0.2, -0.15) is 0 Å². The van der Waals surface area contributed by atoms with Crippen LogP contribution in [0.5, 0.6) is 0 Å². The van der Waals surface area contributed by atoms with Crippen LogP contribution in [0, 0.1) is 40.4 Å². The first-order valence-corrected chi connectivity index (χ1v) is 13.9. The molecule has 1 N–H and O–H groups in total. The van der Waals surface area contributed by atoms with Gasteiger partial charge in [-0.1, -0.05) is 77.9 Å². The van der Waals surface area contributed by atoms with Gasteiger partial charge in [-0.25, -0.2) is 0 Å². The Kier molecular flexibility index (Phi) is 7.08. The molecule has 30 heavy (non-hydrogen) atoms. The molecule has 5 rings (SSSR count). The Morgan fingerprint density at radius 3 is 2.40 bits per heavy atom. The summed E-state index contributed by atoms with van der Waals surface area (Å²) in [4.78, 5) is 0. The first kappa shape index (κ1) is 22.9. The summed E-state index contributed by atoms with van der Waals surface area (Å²) in [6, 6.07) is 0. The maximum atomic E-state index is 10.2. The Morgan fingerprint density at radius 2 is 1.67 bits per heavy atom. The fourth-order valence-corrected chi connectivity index (χ4v) is 8.83. The molecule has 0 aromatic rings. The van der Waals surface area contributed by atoms with Crippen molar-refractivity contribution in [2.24, 2.45) is 40.4 Å². The minimum absolute atomic E-state index is 0.0690. The number of aliphatic hydroxyl groups excluding tert-OH is 1. The molecule has 3 unspecified atom stereocenters. The molecule has 7 atom stereocenters. The summed E-state index contributed by atoms with van der Waals surface area (Å²) in [5.41, 5.74) is 2.67. The average Bonchev–Trinajstić information content (AvgIpc) is 3.05. The first-order valence-electron chi connectivity index (χ1n) is 13.9. The van der Waals surface area contributed by atoms with E-state index in [4.69, 9.17) is 0 Å². The lowest BCUT2D eigenvalue weighted by Crippen LogP contribution is -2.50. The summed E-state index contributed by atoms with van der Waals surface area (Å²) < 4.78 is 0. The summed E-state index contributed by atoms with van der Waals surface area (Å²) in [6.07, 6.45) is 23.6. The van der Waals surface area contributed by atoms with Crippen molar-refractivity contribution in [3.05, 3.63) is 11.6 Å². The summed E-state index contributed by atoms with van der Waals surface area (Å²) >= 11 is 0. The third kappa shape index (κ3) is 3.95. The topological polar surface area (TPSA) is 20.2 Å². The number of hydrogen-bond acceptors (Lipinski definition) is 1. The Labute approximate surface area is 187 Å². The number of fused-ring (bicyclic) bond motifs is 5. The van der Waals surface area contributed by atoms with Crippen LogP contribution < -0.4 is 0 Å². The van der Waals surface area contributed by atoms with E-state index in [2.05, 4.69) is 19.9 Å². The lowest BCUT2D eigenvalue weighted by Gasteiger charge is -2.58. The molecular weight excluding hydrogens is 364 g/mol. The van der Waals surface area contributed by atoms with Crippen molar-refractivity contribution in [2.45, 2.75) is 130 Å². The van der Waals surface area contributed by atoms with Crippen molar-refractivity contribution < 1.29 is 5.11 Å². The molecule has 0 saturated heterocycles. The van der Waals surface area contributed by atoms with Crippen LogP contribution in [0.4, 0.5) is 0 Å². The van der Waals surface area contributed by atoms with Gasteiger partial charge in [0, 0.05) is 0 Å². The van der Waals surface area contributed by atoms with Gasteiger partial charge >= 0.3 is 0 Å². The van der Waals surface area contributed by atoms with E-state index in [1.807, 2.05) is 13.8 Å². The minimum Gasteiger partial charge on any atom is -0.393 e. The number of unbranched alkanes of at least 4 members (excludes halogenated alkanes) is 1. The van der Waals surface area contributed by atoms with Crippen LogP contribution in [-0.2, 0) is 0 Å². The predicted molar refractivity (Wildman–Crippen MR) is 128 cm³/mol. The summed E-state index contributed by atoms with van der Waals surface area (Å²) in [6.45, 7) is 9.26. The van der Waals surface area contributed by atoms with E-state index in [-0.39, 0.29) is 6.10 Å². The molecule has 0 radical (unpaired) electrons. The third-order valence-electron chi connectivity index (χ3n) is 10.9.